The first-order valence-electron chi connectivity index (χ1n) is 5.59. The number of benzene rings is 1. The average Bonchev–Trinajstić information content (AvgIpc) is 2.41. The summed E-state index contributed by atoms with van der Waals surface area (Å²) in [6.07, 6.45) is 1.65. The summed E-state index contributed by atoms with van der Waals surface area (Å²) in [6, 6.07) is 8.75. The van der Waals surface area contributed by atoms with Crippen molar-refractivity contribution in [1.82, 2.24) is 4.98 Å². The van der Waals surface area contributed by atoms with Gasteiger partial charge in [0.1, 0.15) is 11.6 Å². The van der Waals surface area contributed by atoms with Gasteiger partial charge < -0.3 is 0 Å². The molecule has 1 nitrogen and oxygen atoms in total. The predicted octanol–water partition coefficient (Wildman–Crippen LogP) is 4.44. The van der Waals surface area contributed by atoms with E-state index in [1.54, 1.807) is 12.3 Å². The minimum atomic E-state index is -0.657. The molecule has 0 aliphatic rings. The Balaban J connectivity index is 2.31. The zero-order valence-corrected chi connectivity index (χ0v) is 10.5. The molecule has 18 heavy (non-hydrogen) atoms. The van der Waals surface area contributed by atoms with E-state index >= 15 is 0 Å². The van der Waals surface area contributed by atoms with E-state index in [2.05, 4.69) is 4.98 Å². The van der Waals surface area contributed by atoms with Crippen LogP contribution in [0.5, 0.6) is 0 Å². The van der Waals surface area contributed by atoms with Crippen molar-refractivity contribution in [2.75, 3.05) is 0 Å². The van der Waals surface area contributed by atoms with Crippen molar-refractivity contribution in [3.05, 3.63) is 65.5 Å². The van der Waals surface area contributed by atoms with Gasteiger partial charge in [-0.2, -0.15) is 0 Å². The molecule has 0 saturated heterocycles. The van der Waals surface area contributed by atoms with Crippen LogP contribution in [0.2, 0.25) is 0 Å². The highest BCUT2D eigenvalue weighted by atomic mass is 35.5. The molecule has 0 radical (unpaired) electrons. The summed E-state index contributed by atoms with van der Waals surface area (Å²) in [4.78, 5) is 4.18. The van der Waals surface area contributed by atoms with E-state index in [1.807, 2.05) is 19.1 Å². The van der Waals surface area contributed by atoms with Crippen LogP contribution in [0.1, 0.15) is 29.5 Å². The van der Waals surface area contributed by atoms with Crippen molar-refractivity contribution in [3.8, 4) is 0 Å². The van der Waals surface area contributed by atoms with Crippen molar-refractivity contribution in [2.24, 2.45) is 0 Å². The van der Waals surface area contributed by atoms with Gasteiger partial charge in [0.2, 0.25) is 0 Å². The summed E-state index contributed by atoms with van der Waals surface area (Å²) >= 11 is 6.22. The van der Waals surface area contributed by atoms with E-state index in [1.165, 1.54) is 0 Å². The van der Waals surface area contributed by atoms with Crippen LogP contribution in [0, 0.1) is 11.6 Å². The third kappa shape index (κ3) is 2.67. The van der Waals surface area contributed by atoms with Crippen LogP contribution < -0.4 is 0 Å². The highest BCUT2D eigenvalue weighted by Crippen LogP contribution is 2.36. The van der Waals surface area contributed by atoms with Gasteiger partial charge in [0.05, 0.1) is 5.38 Å². The van der Waals surface area contributed by atoms with Crippen molar-refractivity contribution in [2.45, 2.75) is 18.2 Å². The van der Waals surface area contributed by atoms with E-state index in [-0.39, 0.29) is 11.5 Å². The summed E-state index contributed by atoms with van der Waals surface area (Å²) in [7, 11) is 0. The third-order valence-electron chi connectivity index (χ3n) is 2.85. The van der Waals surface area contributed by atoms with E-state index in [0.29, 0.717) is 0 Å². The number of aromatic nitrogens is 1. The Bertz CT molecular complexity index is 531. The summed E-state index contributed by atoms with van der Waals surface area (Å²) in [5.41, 5.74) is 0.913. The lowest BCUT2D eigenvalue weighted by Gasteiger charge is -2.18. The van der Waals surface area contributed by atoms with Crippen molar-refractivity contribution < 1.29 is 8.78 Å². The fraction of sp³-hybridized carbons (Fsp3) is 0.214. The Morgan fingerprint density at radius 3 is 2.61 bits per heavy atom. The molecule has 0 aliphatic heterocycles. The zero-order valence-electron chi connectivity index (χ0n) is 9.78. The van der Waals surface area contributed by atoms with Crippen molar-refractivity contribution in [3.63, 3.8) is 0 Å². The summed E-state index contributed by atoms with van der Waals surface area (Å²) in [6.45, 7) is 1.84. The van der Waals surface area contributed by atoms with E-state index in [9.17, 15) is 8.78 Å². The van der Waals surface area contributed by atoms with Crippen molar-refractivity contribution >= 4 is 11.6 Å². The molecule has 2 atom stereocenters. The molecule has 0 amide bonds. The monoisotopic (exact) mass is 267 g/mol. The number of alkyl halides is 1. The number of hydrogen-bond donors (Lipinski definition) is 0. The van der Waals surface area contributed by atoms with Crippen molar-refractivity contribution in [1.29, 1.82) is 0 Å². The number of pyridine rings is 1. The zero-order chi connectivity index (χ0) is 13.1. The normalized spacial score (nSPS) is 14.2. The molecule has 1 aromatic carbocycles. The maximum absolute atomic E-state index is 13.6. The molecule has 0 N–H and O–H groups in total. The standard InChI is InChI=1S/C14H12ClF2N/c1-9(13-4-2-3-7-18-13)14(15)11-8-10(16)5-6-12(11)17/h2-9,14H,1H3. The molecule has 2 unspecified atom stereocenters. The summed E-state index contributed by atoms with van der Waals surface area (Å²) in [5, 5.41) is -0.657. The second-order valence-electron chi connectivity index (χ2n) is 4.11. The second kappa shape index (κ2) is 5.44. The molecule has 94 valence electrons. The van der Waals surface area contributed by atoms with E-state index in [4.69, 9.17) is 11.6 Å². The molecule has 0 saturated carbocycles. The van der Waals surface area contributed by atoms with Crippen LogP contribution >= 0.6 is 11.6 Å². The molecule has 2 aromatic rings. The number of hydrogen-bond acceptors (Lipinski definition) is 1. The lowest BCUT2D eigenvalue weighted by molar-refractivity contribution is 0.569. The fourth-order valence-corrected chi connectivity index (χ4v) is 2.09. The first-order chi connectivity index (χ1) is 8.59. The van der Waals surface area contributed by atoms with Gasteiger partial charge in [-0.3, -0.25) is 4.98 Å². The molecular weight excluding hydrogens is 256 g/mol. The largest absolute Gasteiger partial charge is 0.261 e. The van der Waals surface area contributed by atoms with Crippen LogP contribution in [0.3, 0.4) is 0 Å². The summed E-state index contributed by atoms with van der Waals surface area (Å²) in [5.74, 6) is -1.20. The van der Waals surface area contributed by atoms with Gasteiger partial charge in [0, 0.05) is 23.4 Å². The maximum Gasteiger partial charge on any atom is 0.128 e. The van der Waals surface area contributed by atoms with Gasteiger partial charge in [-0.1, -0.05) is 13.0 Å². The first kappa shape index (κ1) is 13.0. The van der Waals surface area contributed by atoms with Crippen LogP contribution in [0.15, 0.2) is 42.6 Å². The second-order valence-corrected chi connectivity index (χ2v) is 4.58. The predicted molar refractivity (Wildman–Crippen MR) is 67.6 cm³/mol. The molecule has 4 heteroatoms. The maximum atomic E-state index is 13.6. The Morgan fingerprint density at radius 2 is 1.94 bits per heavy atom. The number of nitrogens with zero attached hydrogens (tertiary/aromatic N) is 1. The van der Waals surface area contributed by atoms with Gasteiger partial charge >= 0.3 is 0 Å². The van der Waals surface area contributed by atoms with Gasteiger partial charge in [-0.15, -0.1) is 11.6 Å². The number of rotatable bonds is 3. The number of halogens is 3. The van der Waals surface area contributed by atoms with Crippen LogP contribution in [0.4, 0.5) is 8.78 Å². The average molecular weight is 268 g/mol. The lowest BCUT2D eigenvalue weighted by Crippen LogP contribution is -2.06. The van der Waals surface area contributed by atoms with Gasteiger partial charge in [-0.05, 0) is 30.3 Å². The quantitative estimate of drug-likeness (QED) is 0.749. The smallest absolute Gasteiger partial charge is 0.128 e. The van der Waals surface area contributed by atoms with Crippen LogP contribution in [0.25, 0.3) is 0 Å². The topological polar surface area (TPSA) is 12.9 Å². The molecule has 1 aromatic heterocycles. The van der Waals surface area contributed by atoms with E-state index in [0.717, 1.165) is 23.9 Å². The fourth-order valence-electron chi connectivity index (χ4n) is 1.79. The molecule has 0 fully saturated rings. The molecule has 0 aliphatic carbocycles. The SMILES string of the molecule is CC(c1ccccn1)C(Cl)c1cc(F)ccc1F. The molecule has 0 bridgehead atoms. The highest BCUT2D eigenvalue weighted by molar-refractivity contribution is 6.21. The molecular formula is C14H12ClF2N. The Labute approximate surface area is 109 Å². The van der Waals surface area contributed by atoms with E-state index < -0.39 is 17.0 Å². The lowest BCUT2D eigenvalue weighted by atomic mass is 9.96. The molecule has 2 rings (SSSR count). The summed E-state index contributed by atoms with van der Waals surface area (Å²) < 4.78 is 26.8. The third-order valence-corrected chi connectivity index (χ3v) is 3.46. The minimum Gasteiger partial charge on any atom is -0.261 e. The Hall–Kier alpha value is -1.48. The van der Waals surface area contributed by atoms with Gasteiger partial charge in [0.15, 0.2) is 0 Å². The minimum absolute atomic E-state index is 0.162. The van der Waals surface area contributed by atoms with Gasteiger partial charge in [-0.25, -0.2) is 8.78 Å². The molecule has 0 spiro atoms. The van der Waals surface area contributed by atoms with Gasteiger partial charge in [0.25, 0.3) is 0 Å². The molecule has 1 heterocycles. The highest BCUT2D eigenvalue weighted by Gasteiger charge is 2.22. The van der Waals surface area contributed by atoms with Crippen LogP contribution in [-0.2, 0) is 0 Å². The van der Waals surface area contributed by atoms with Crippen LogP contribution in [-0.4, -0.2) is 4.98 Å². The Kier molecular flexibility index (Phi) is 3.92. The first-order valence-corrected chi connectivity index (χ1v) is 6.03. The Morgan fingerprint density at radius 1 is 1.17 bits per heavy atom.